The van der Waals surface area contributed by atoms with E-state index in [1.807, 2.05) is 17.8 Å². The third-order valence-electron chi connectivity index (χ3n) is 2.88. The van der Waals surface area contributed by atoms with Crippen molar-refractivity contribution in [1.29, 1.82) is 0 Å². The van der Waals surface area contributed by atoms with Crippen molar-refractivity contribution in [1.82, 2.24) is 15.1 Å². The number of carbonyl (C=O) groups is 1. The molecular weight excluding hydrogens is 194 g/mol. The molecule has 2 heterocycles. The van der Waals surface area contributed by atoms with Crippen LogP contribution in [0.2, 0.25) is 0 Å². The van der Waals surface area contributed by atoms with Gasteiger partial charge < -0.3 is 10.1 Å². The van der Waals surface area contributed by atoms with E-state index in [0.717, 1.165) is 12.1 Å². The number of aryl methyl sites for hydroxylation is 1. The van der Waals surface area contributed by atoms with Gasteiger partial charge in [-0.2, -0.15) is 5.10 Å². The van der Waals surface area contributed by atoms with Crippen LogP contribution >= 0.6 is 0 Å². The summed E-state index contributed by atoms with van der Waals surface area (Å²) in [5.41, 5.74) is 1.11. The van der Waals surface area contributed by atoms with Crippen LogP contribution in [0.1, 0.15) is 18.2 Å². The molecule has 1 aromatic rings. The first-order valence-corrected chi connectivity index (χ1v) is 5.01. The molecule has 0 spiro atoms. The summed E-state index contributed by atoms with van der Waals surface area (Å²) in [5.74, 6) is -0.165. The molecule has 5 nitrogen and oxygen atoms in total. The largest absolute Gasteiger partial charge is 0.469 e. The van der Waals surface area contributed by atoms with E-state index in [2.05, 4.69) is 10.4 Å². The highest BCUT2D eigenvalue weighted by Crippen LogP contribution is 2.27. The number of esters is 1. The van der Waals surface area contributed by atoms with Crippen molar-refractivity contribution in [3.63, 3.8) is 0 Å². The fraction of sp³-hybridized carbons (Fsp3) is 0.600. The maximum Gasteiger partial charge on any atom is 0.310 e. The molecule has 0 aromatic carbocycles. The van der Waals surface area contributed by atoms with Crippen LogP contribution in [0.5, 0.6) is 0 Å². The van der Waals surface area contributed by atoms with E-state index in [4.69, 9.17) is 4.74 Å². The molecule has 2 atom stereocenters. The van der Waals surface area contributed by atoms with Crippen molar-refractivity contribution in [2.45, 2.75) is 12.5 Å². The third-order valence-corrected chi connectivity index (χ3v) is 2.88. The van der Waals surface area contributed by atoms with Crippen LogP contribution in [0.3, 0.4) is 0 Å². The quantitative estimate of drug-likeness (QED) is 0.709. The highest BCUT2D eigenvalue weighted by Gasteiger charge is 2.32. The maximum atomic E-state index is 11.3. The molecule has 1 aromatic heterocycles. The van der Waals surface area contributed by atoms with Crippen LogP contribution in [-0.2, 0) is 16.6 Å². The van der Waals surface area contributed by atoms with Gasteiger partial charge in [0.05, 0.1) is 24.8 Å². The van der Waals surface area contributed by atoms with Crippen LogP contribution in [-0.4, -0.2) is 29.4 Å². The van der Waals surface area contributed by atoms with Crippen LogP contribution < -0.4 is 5.32 Å². The van der Waals surface area contributed by atoms with Crippen LogP contribution in [0.25, 0.3) is 0 Å². The van der Waals surface area contributed by atoms with Crippen LogP contribution in [0, 0.1) is 5.92 Å². The predicted molar refractivity (Wildman–Crippen MR) is 54.1 cm³/mol. The Morgan fingerprint density at radius 2 is 2.53 bits per heavy atom. The molecule has 1 saturated heterocycles. The summed E-state index contributed by atoms with van der Waals surface area (Å²) in [6.45, 7) is 0.683. The van der Waals surface area contributed by atoms with E-state index < -0.39 is 0 Å². The SMILES string of the molecule is COC(=O)C1CNC(c2ccnn2C)C1. The smallest absolute Gasteiger partial charge is 0.310 e. The van der Waals surface area contributed by atoms with Gasteiger partial charge >= 0.3 is 5.97 Å². The molecule has 1 aliphatic rings. The zero-order chi connectivity index (χ0) is 10.8. The molecule has 0 bridgehead atoms. The minimum Gasteiger partial charge on any atom is -0.469 e. The van der Waals surface area contributed by atoms with E-state index in [1.54, 1.807) is 6.20 Å². The number of nitrogens with one attached hydrogen (secondary N) is 1. The van der Waals surface area contributed by atoms with Gasteiger partial charge in [-0.3, -0.25) is 9.48 Å². The molecule has 1 fully saturated rings. The molecule has 0 radical (unpaired) electrons. The lowest BCUT2D eigenvalue weighted by Crippen LogP contribution is -2.19. The molecule has 15 heavy (non-hydrogen) atoms. The Morgan fingerprint density at radius 3 is 3.13 bits per heavy atom. The summed E-state index contributed by atoms with van der Waals surface area (Å²) < 4.78 is 6.56. The van der Waals surface area contributed by atoms with Gasteiger partial charge in [-0.15, -0.1) is 0 Å². The van der Waals surface area contributed by atoms with Gasteiger partial charge in [0.25, 0.3) is 0 Å². The van der Waals surface area contributed by atoms with Crippen molar-refractivity contribution >= 4 is 5.97 Å². The summed E-state index contributed by atoms with van der Waals surface area (Å²) in [4.78, 5) is 11.3. The maximum absolute atomic E-state index is 11.3. The minimum atomic E-state index is -0.132. The summed E-state index contributed by atoms with van der Waals surface area (Å²) in [5, 5.41) is 7.42. The Morgan fingerprint density at radius 1 is 1.73 bits per heavy atom. The first kappa shape index (κ1) is 10.2. The fourth-order valence-electron chi connectivity index (χ4n) is 2.03. The molecule has 0 saturated carbocycles. The molecule has 1 N–H and O–H groups in total. The van der Waals surface area contributed by atoms with Gasteiger partial charge in [0.1, 0.15) is 0 Å². The lowest BCUT2D eigenvalue weighted by Gasteiger charge is -2.10. The number of aromatic nitrogens is 2. The highest BCUT2D eigenvalue weighted by molar-refractivity contribution is 5.73. The zero-order valence-electron chi connectivity index (χ0n) is 8.93. The van der Waals surface area contributed by atoms with Crippen molar-refractivity contribution in [2.75, 3.05) is 13.7 Å². The predicted octanol–water partition coefficient (Wildman–Crippen LogP) is 0.244. The van der Waals surface area contributed by atoms with Crippen molar-refractivity contribution < 1.29 is 9.53 Å². The molecule has 0 aliphatic carbocycles. The summed E-state index contributed by atoms with van der Waals surface area (Å²) in [6.07, 6.45) is 2.55. The van der Waals surface area contributed by atoms with E-state index in [-0.39, 0.29) is 17.9 Å². The molecule has 2 rings (SSSR count). The molecule has 5 heteroatoms. The Bertz CT molecular complexity index is 361. The average Bonchev–Trinajstić information content (AvgIpc) is 2.84. The molecule has 82 valence electrons. The van der Waals surface area contributed by atoms with Gasteiger partial charge in [0.15, 0.2) is 0 Å². The van der Waals surface area contributed by atoms with E-state index in [1.165, 1.54) is 7.11 Å². The highest BCUT2D eigenvalue weighted by atomic mass is 16.5. The normalized spacial score (nSPS) is 25.5. The first-order chi connectivity index (χ1) is 7.22. The van der Waals surface area contributed by atoms with Crippen molar-refractivity contribution in [3.8, 4) is 0 Å². The van der Waals surface area contributed by atoms with Gasteiger partial charge in [0.2, 0.25) is 0 Å². The Hall–Kier alpha value is -1.36. The Labute approximate surface area is 88.4 Å². The first-order valence-electron chi connectivity index (χ1n) is 5.01. The monoisotopic (exact) mass is 209 g/mol. The molecule has 1 aliphatic heterocycles. The van der Waals surface area contributed by atoms with Crippen LogP contribution in [0.15, 0.2) is 12.3 Å². The minimum absolute atomic E-state index is 0.0325. The van der Waals surface area contributed by atoms with Crippen LogP contribution in [0.4, 0.5) is 0 Å². The number of rotatable bonds is 2. The second-order valence-corrected chi connectivity index (χ2v) is 3.80. The molecule has 2 unspecified atom stereocenters. The van der Waals surface area contributed by atoms with Crippen molar-refractivity contribution in [2.24, 2.45) is 13.0 Å². The summed E-state index contributed by atoms with van der Waals surface area (Å²) in [7, 11) is 3.34. The fourth-order valence-corrected chi connectivity index (χ4v) is 2.03. The number of hydrogen-bond acceptors (Lipinski definition) is 4. The average molecular weight is 209 g/mol. The number of methoxy groups -OCH3 is 1. The second kappa shape index (κ2) is 4.02. The Balaban J connectivity index is 2.05. The van der Waals surface area contributed by atoms with Gasteiger partial charge in [0, 0.05) is 19.8 Å². The summed E-state index contributed by atoms with van der Waals surface area (Å²) in [6, 6.07) is 2.18. The van der Waals surface area contributed by atoms with E-state index >= 15 is 0 Å². The zero-order valence-corrected chi connectivity index (χ0v) is 8.93. The molecular formula is C10H15N3O2. The topological polar surface area (TPSA) is 56.1 Å². The number of nitrogens with zero attached hydrogens (tertiary/aromatic N) is 2. The van der Waals surface area contributed by atoms with Crippen molar-refractivity contribution in [3.05, 3.63) is 18.0 Å². The lowest BCUT2D eigenvalue weighted by atomic mass is 10.0. The van der Waals surface area contributed by atoms with Gasteiger partial charge in [-0.1, -0.05) is 0 Å². The molecule has 0 amide bonds. The third kappa shape index (κ3) is 1.87. The number of hydrogen-bond donors (Lipinski definition) is 1. The lowest BCUT2D eigenvalue weighted by molar-refractivity contribution is -0.144. The number of ether oxygens (including phenoxy) is 1. The van der Waals surface area contributed by atoms with E-state index in [9.17, 15) is 4.79 Å². The number of carbonyl (C=O) groups excluding carboxylic acids is 1. The Kier molecular flexibility index (Phi) is 2.73. The van der Waals surface area contributed by atoms with Gasteiger partial charge in [-0.25, -0.2) is 0 Å². The second-order valence-electron chi connectivity index (χ2n) is 3.80. The van der Waals surface area contributed by atoms with Gasteiger partial charge in [-0.05, 0) is 12.5 Å². The van der Waals surface area contributed by atoms with E-state index in [0.29, 0.717) is 6.54 Å². The summed E-state index contributed by atoms with van der Waals surface area (Å²) >= 11 is 0. The standard InChI is InChI=1S/C10H15N3O2/c1-13-9(3-4-12-13)8-5-7(6-11-8)10(14)15-2/h3-4,7-8,11H,5-6H2,1-2H3.